The molecule has 11 heteroatoms. The Balaban J connectivity index is 1.26. The molecule has 0 saturated carbocycles. The molecular weight excluding hydrogens is 450 g/mol. The van der Waals surface area contributed by atoms with E-state index in [1.54, 1.807) is 29.4 Å². The van der Waals surface area contributed by atoms with E-state index in [4.69, 9.17) is 4.42 Å². The van der Waals surface area contributed by atoms with Crippen LogP contribution in [0.1, 0.15) is 5.56 Å². The van der Waals surface area contributed by atoms with Gasteiger partial charge >= 0.3 is 0 Å². The Morgan fingerprint density at radius 3 is 2.56 bits per heavy atom. The Bertz CT molecular complexity index is 1180. The fourth-order valence-electron chi connectivity index (χ4n) is 3.10. The largest absolute Gasteiger partial charge is 0.411 e. The minimum Gasteiger partial charge on any atom is -0.411 e. The number of pyridine rings is 1. The van der Waals surface area contributed by atoms with E-state index >= 15 is 0 Å². The van der Waals surface area contributed by atoms with Gasteiger partial charge in [-0.15, -0.1) is 10.2 Å². The lowest BCUT2D eigenvalue weighted by Crippen LogP contribution is -2.50. The van der Waals surface area contributed by atoms with Gasteiger partial charge in [0.2, 0.25) is 21.8 Å². The van der Waals surface area contributed by atoms with Crippen LogP contribution < -0.4 is 0 Å². The number of sulfonamides is 1. The van der Waals surface area contributed by atoms with E-state index in [1.807, 2.05) is 36.4 Å². The van der Waals surface area contributed by atoms with E-state index in [9.17, 15) is 13.2 Å². The second kappa shape index (κ2) is 10.1. The molecule has 166 valence electrons. The zero-order valence-corrected chi connectivity index (χ0v) is 18.7. The number of hydrogen-bond acceptors (Lipinski definition) is 8. The lowest BCUT2D eigenvalue weighted by molar-refractivity contribution is -0.129. The highest BCUT2D eigenvalue weighted by atomic mass is 32.2. The molecule has 1 aliphatic rings. The molecule has 0 aliphatic carbocycles. The number of rotatable bonds is 7. The Kier molecular flexibility index (Phi) is 6.98. The van der Waals surface area contributed by atoms with Crippen molar-refractivity contribution in [2.24, 2.45) is 0 Å². The van der Waals surface area contributed by atoms with Crippen LogP contribution in [0.2, 0.25) is 0 Å². The molecule has 2 aromatic heterocycles. The van der Waals surface area contributed by atoms with Crippen LogP contribution in [0.15, 0.2) is 69.9 Å². The molecule has 32 heavy (non-hydrogen) atoms. The van der Waals surface area contributed by atoms with E-state index in [1.165, 1.54) is 9.71 Å². The van der Waals surface area contributed by atoms with Crippen molar-refractivity contribution < 1.29 is 17.6 Å². The summed E-state index contributed by atoms with van der Waals surface area (Å²) in [6, 6.07) is 12.8. The van der Waals surface area contributed by atoms with Gasteiger partial charge < -0.3 is 9.32 Å². The molecule has 9 nitrogen and oxygen atoms in total. The highest BCUT2D eigenvalue weighted by Gasteiger charge is 2.27. The first-order valence-electron chi connectivity index (χ1n) is 9.89. The van der Waals surface area contributed by atoms with Gasteiger partial charge in [-0.2, -0.15) is 4.31 Å². The number of carbonyl (C=O) groups excluding carboxylic acids is 1. The smallest absolute Gasteiger partial charge is 0.277 e. The van der Waals surface area contributed by atoms with E-state index in [0.29, 0.717) is 29.8 Å². The molecule has 0 bridgehead atoms. The Morgan fingerprint density at radius 2 is 1.84 bits per heavy atom. The first-order chi connectivity index (χ1) is 15.5. The summed E-state index contributed by atoms with van der Waals surface area (Å²) in [7, 11) is -3.54. The molecule has 0 spiro atoms. The third kappa shape index (κ3) is 5.61. The highest BCUT2D eigenvalue weighted by Crippen LogP contribution is 2.23. The Labute approximate surface area is 190 Å². The Hall–Kier alpha value is -3.02. The SMILES string of the molecule is O=C(CSc1nnc(-c2cccnc2)o1)N1CCN(S(=O)(=O)C=Cc2ccccc2)CC1. The van der Waals surface area contributed by atoms with Crippen molar-refractivity contribution in [3.8, 4) is 11.5 Å². The van der Waals surface area contributed by atoms with Gasteiger partial charge in [0.25, 0.3) is 5.22 Å². The number of hydrogen-bond donors (Lipinski definition) is 0. The van der Waals surface area contributed by atoms with Gasteiger partial charge in [0.05, 0.1) is 11.3 Å². The number of thioether (sulfide) groups is 1. The number of nitrogens with zero attached hydrogens (tertiary/aromatic N) is 5. The second-order valence-corrected chi connectivity index (χ2v) is 9.69. The van der Waals surface area contributed by atoms with Gasteiger partial charge in [-0.25, -0.2) is 8.42 Å². The van der Waals surface area contributed by atoms with Gasteiger partial charge in [-0.05, 0) is 23.8 Å². The van der Waals surface area contributed by atoms with Gasteiger partial charge in [0.15, 0.2) is 0 Å². The third-order valence-electron chi connectivity index (χ3n) is 4.82. The van der Waals surface area contributed by atoms with Crippen LogP contribution in [0.4, 0.5) is 0 Å². The predicted octanol–water partition coefficient (Wildman–Crippen LogP) is 2.37. The minimum atomic E-state index is -3.54. The van der Waals surface area contributed by atoms with Crippen molar-refractivity contribution in [1.82, 2.24) is 24.4 Å². The molecule has 1 amide bonds. The summed E-state index contributed by atoms with van der Waals surface area (Å²) in [6.07, 6.45) is 4.85. The van der Waals surface area contributed by atoms with E-state index in [-0.39, 0.29) is 24.7 Å². The summed E-state index contributed by atoms with van der Waals surface area (Å²) in [5, 5.41) is 9.43. The van der Waals surface area contributed by atoms with Gasteiger partial charge in [0.1, 0.15) is 0 Å². The van der Waals surface area contributed by atoms with Gasteiger partial charge in [0, 0.05) is 44.0 Å². The molecule has 0 unspecified atom stereocenters. The van der Waals surface area contributed by atoms with Crippen LogP contribution in [0.25, 0.3) is 17.5 Å². The van der Waals surface area contributed by atoms with Crippen molar-refractivity contribution in [3.05, 3.63) is 65.8 Å². The van der Waals surface area contributed by atoms with Gasteiger partial charge in [-0.3, -0.25) is 9.78 Å². The molecular formula is C21H21N5O4S2. The maximum absolute atomic E-state index is 12.6. The van der Waals surface area contributed by atoms with Crippen molar-refractivity contribution in [2.45, 2.75) is 5.22 Å². The first-order valence-corrected chi connectivity index (χ1v) is 12.4. The fourth-order valence-corrected chi connectivity index (χ4v) is 4.93. The molecule has 4 rings (SSSR count). The molecule has 1 saturated heterocycles. The summed E-state index contributed by atoms with van der Waals surface area (Å²) < 4.78 is 32.1. The molecule has 0 atom stereocenters. The third-order valence-corrected chi connectivity index (χ3v) is 7.19. The summed E-state index contributed by atoms with van der Waals surface area (Å²) in [6.45, 7) is 1.18. The lowest BCUT2D eigenvalue weighted by atomic mass is 10.2. The average Bonchev–Trinajstić information content (AvgIpc) is 3.32. The van der Waals surface area contributed by atoms with Crippen molar-refractivity contribution in [3.63, 3.8) is 0 Å². The van der Waals surface area contributed by atoms with E-state index in [2.05, 4.69) is 15.2 Å². The standard InChI is InChI=1S/C21H21N5O4S2/c27-19(16-31-21-24-23-20(30-21)18-7-4-9-22-15-18)25-10-12-26(13-11-25)32(28,29)14-8-17-5-2-1-3-6-17/h1-9,14-15H,10-13,16H2. The van der Waals surface area contributed by atoms with Crippen molar-refractivity contribution >= 4 is 33.8 Å². The maximum atomic E-state index is 12.6. The van der Waals surface area contributed by atoms with Crippen LogP contribution >= 0.6 is 11.8 Å². The molecule has 1 aromatic carbocycles. The fraction of sp³-hybridized carbons (Fsp3) is 0.238. The van der Waals surface area contributed by atoms with Gasteiger partial charge in [-0.1, -0.05) is 42.1 Å². The molecule has 1 fully saturated rings. The predicted molar refractivity (Wildman–Crippen MR) is 121 cm³/mol. The minimum absolute atomic E-state index is 0.104. The normalized spacial score (nSPS) is 15.3. The molecule has 0 radical (unpaired) electrons. The topological polar surface area (TPSA) is 109 Å². The molecule has 1 aliphatic heterocycles. The first kappa shape index (κ1) is 22.2. The molecule has 3 heterocycles. The van der Waals surface area contributed by atoms with Crippen LogP contribution in [-0.2, 0) is 14.8 Å². The number of carbonyl (C=O) groups is 1. The lowest BCUT2D eigenvalue weighted by Gasteiger charge is -2.33. The zero-order chi connectivity index (χ0) is 22.4. The van der Waals surface area contributed by atoms with Crippen LogP contribution in [0, 0.1) is 0 Å². The monoisotopic (exact) mass is 471 g/mol. The number of amides is 1. The molecule has 3 aromatic rings. The maximum Gasteiger partial charge on any atom is 0.277 e. The molecule has 0 N–H and O–H groups in total. The Morgan fingerprint density at radius 1 is 1.06 bits per heavy atom. The number of aromatic nitrogens is 3. The highest BCUT2D eigenvalue weighted by molar-refractivity contribution is 7.99. The quantitative estimate of drug-likeness (QED) is 0.483. The second-order valence-electron chi connectivity index (χ2n) is 6.94. The summed E-state index contributed by atoms with van der Waals surface area (Å²) in [4.78, 5) is 18.2. The summed E-state index contributed by atoms with van der Waals surface area (Å²) in [5.74, 6) is 0.374. The van der Waals surface area contributed by atoms with Crippen LogP contribution in [0.3, 0.4) is 0 Å². The number of benzene rings is 1. The van der Waals surface area contributed by atoms with E-state index in [0.717, 1.165) is 17.3 Å². The van der Waals surface area contributed by atoms with Crippen LogP contribution in [0.5, 0.6) is 0 Å². The van der Waals surface area contributed by atoms with Crippen molar-refractivity contribution in [2.75, 3.05) is 31.9 Å². The summed E-state index contributed by atoms with van der Waals surface area (Å²) in [5.41, 5.74) is 1.52. The number of piperazine rings is 1. The average molecular weight is 472 g/mol. The zero-order valence-electron chi connectivity index (χ0n) is 17.1. The van der Waals surface area contributed by atoms with Crippen LogP contribution in [-0.4, -0.2) is 70.6 Å². The van der Waals surface area contributed by atoms with Crippen molar-refractivity contribution in [1.29, 1.82) is 0 Å². The van der Waals surface area contributed by atoms with E-state index < -0.39 is 10.0 Å². The summed E-state index contributed by atoms with van der Waals surface area (Å²) >= 11 is 1.15.